The first kappa shape index (κ1) is 26.4. The summed E-state index contributed by atoms with van der Waals surface area (Å²) in [4.78, 5) is 17.2. The van der Waals surface area contributed by atoms with Crippen molar-refractivity contribution < 1.29 is 18.7 Å². The van der Waals surface area contributed by atoms with Crippen LogP contribution >= 0.6 is 0 Å². The Kier molecular flexibility index (Phi) is 8.09. The Morgan fingerprint density at radius 3 is 2.61 bits per heavy atom. The van der Waals surface area contributed by atoms with Crippen molar-refractivity contribution in [3.05, 3.63) is 66.1 Å². The van der Waals surface area contributed by atoms with Gasteiger partial charge in [0, 0.05) is 50.6 Å². The second-order valence-corrected chi connectivity index (χ2v) is 11.1. The lowest BCUT2D eigenvalue weighted by atomic mass is 9.87. The van der Waals surface area contributed by atoms with Crippen molar-refractivity contribution in [3.8, 4) is 17.2 Å². The molecule has 1 atom stereocenters. The highest BCUT2D eigenvalue weighted by molar-refractivity contribution is 5.79. The van der Waals surface area contributed by atoms with E-state index in [1.165, 1.54) is 0 Å². The van der Waals surface area contributed by atoms with Crippen molar-refractivity contribution in [2.45, 2.75) is 64.3 Å². The fourth-order valence-electron chi connectivity index (χ4n) is 5.42. The molecule has 0 bridgehead atoms. The molecule has 2 aromatic carbocycles. The minimum Gasteiger partial charge on any atom is -0.490 e. The fraction of sp³-hybridized carbons (Fsp3) is 0.500. The van der Waals surface area contributed by atoms with Crippen LogP contribution in [0.2, 0.25) is 0 Å². The number of hydrogen-bond donors (Lipinski definition) is 0. The molecule has 1 unspecified atom stereocenters. The van der Waals surface area contributed by atoms with Crippen molar-refractivity contribution in [3.63, 3.8) is 0 Å². The second-order valence-electron chi connectivity index (χ2n) is 11.1. The summed E-state index contributed by atoms with van der Waals surface area (Å²) in [6, 6.07) is 18.0. The lowest BCUT2D eigenvalue weighted by Crippen LogP contribution is -2.47. The van der Waals surface area contributed by atoms with Crippen LogP contribution in [0, 0.1) is 5.92 Å². The van der Waals surface area contributed by atoms with Gasteiger partial charge in [-0.1, -0.05) is 30.3 Å². The van der Waals surface area contributed by atoms with Crippen molar-refractivity contribution in [2.75, 3.05) is 26.7 Å². The maximum absolute atomic E-state index is 13.1. The number of carbonyl (C=O) groups is 1. The number of piperidine rings is 1. The fourth-order valence-corrected chi connectivity index (χ4v) is 5.42. The third-order valence-electron chi connectivity index (χ3n) is 7.35. The monoisotopic (exact) mass is 518 g/mol. The molecule has 0 saturated carbocycles. The zero-order chi connectivity index (χ0) is 26.5. The van der Waals surface area contributed by atoms with Gasteiger partial charge in [-0.3, -0.25) is 9.69 Å². The van der Waals surface area contributed by atoms with Crippen LogP contribution in [0.15, 0.2) is 59.0 Å². The van der Waals surface area contributed by atoms with E-state index in [0.717, 1.165) is 62.2 Å². The zero-order valence-corrected chi connectivity index (χ0v) is 22.6. The number of nitrogens with zero attached hydrogens (tertiary/aromatic N) is 4. The van der Waals surface area contributed by atoms with E-state index >= 15 is 0 Å². The number of ether oxygens (including phenoxy) is 2. The van der Waals surface area contributed by atoms with E-state index in [1.807, 2.05) is 54.4 Å². The molecule has 202 valence electrons. The molecule has 1 amide bonds. The van der Waals surface area contributed by atoms with Crippen LogP contribution in [-0.2, 0) is 22.6 Å². The maximum atomic E-state index is 13.1. The Morgan fingerprint density at radius 1 is 1.05 bits per heavy atom. The first-order valence-corrected chi connectivity index (χ1v) is 13.6. The lowest BCUT2D eigenvalue weighted by Gasteiger charge is -2.39. The zero-order valence-electron chi connectivity index (χ0n) is 22.6. The number of amides is 1. The van der Waals surface area contributed by atoms with Crippen molar-refractivity contribution in [1.29, 1.82) is 0 Å². The minimum absolute atomic E-state index is 0.0713. The van der Waals surface area contributed by atoms with Crippen molar-refractivity contribution in [2.24, 2.45) is 5.92 Å². The summed E-state index contributed by atoms with van der Waals surface area (Å²) >= 11 is 0. The van der Waals surface area contributed by atoms with E-state index in [1.54, 1.807) is 0 Å². The first-order chi connectivity index (χ1) is 18.3. The van der Waals surface area contributed by atoms with Crippen LogP contribution in [0.3, 0.4) is 0 Å². The largest absolute Gasteiger partial charge is 0.490 e. The molecule has 0 radical (unpaired) electrons. The van der Waals surface area contributed by atoms with Crippen LogP contribution < -0.4 is 4.74 Å². The molecule has 3 heterocycles. The van der Waals surface area contributed by atoms with Gasteiger partial charge in [-0.25, -0.2) is 0 Å². The minimum atomic E-state index is -0.213. The van der Waals surface area contributed by atoms with Gasteiger partial charge in [0.1, 0.15) is 11.9 Å². The van der Waals surface area contributed by atoms with E-state index in [0.29, 0.717) is 24.9 Å². The highest BCUT2D eigenvalue weighted by atomic mass is 16.5. The van der Waals surface area contributed by atoms with Crippen LogP contribution in [-0.4, -0.2) is 64.4 Å². The van der Waals surface area contributed by atoms with Gasteiger partial charge >= 0.3 is 0 Å². The third kappa shape index (κ3) is 6.79. The Morgan fingerprint density at radius 2 is 1.84 bits per heavy atom. The van der Waals surface area contributed by atoms with Crippen LogP contribution in [0.25, 0.3) is 11.5 Å². The number of carbonyl (C=O) groups excluding carboxylic acids is 1. The Hall–Kier alpha value is -3.23. The molecule has 2 aliphatic rings. The molecule has 0 aliphatic carbocycles. The van der Waals surface area contributed by atoms with Gasteiger partial charge in [0.25, 0.3) is 0 Å². The average molecular weight is 519 g/mol. The molecule has 0 N–H and O–H groups in total. The molecule has 8 heteroatoms. The lowest BCUT2D eigenvalue weighted by molar-refractivity contribution is -0.147. The van der Waals surface area contributed by atoms with Gasteiger partial charge in [-0.15, -0.1) is 10.2 Å². The van der Waals surface area contributed by atoms with Crippen LogP contribution in [0.1, 0.15) is 51.0 Å². The summed E-state index contributed by atoms with van der Waals surface area (Å²) in [6.07, 6.45) is 3.44. The molecule has 1 aromatic heterocycles. The van der Waals surface area contributed by atoms with Crippen molar-refractivity contribution >= 4 is 5.91 Å². The highest BCUT2D eigenvalue weighted by Gasteiger charge is 2.36. The van der Waals surface area contributed by atoms with E-state index in [9.17, 15) is 4.79 Å². The molecule has 5 rings (SSSR count). The normalized spacial score (nSPS) is 20.0. The first-order valence-electron chi connectivity index (χ1n) is 13.6. The smallest absolute Gasteiger partial charge is 0.247 e. The summed E-state index contributed by atoms with van der Waals surface area (Å²) < 4.78 is 18.0. The van der Waals surface area contributed by atoms with Crippen LogP contribution in [0.4, 0.5) is 0 Å². The predicted molar refractivity (Wildman–Crippen MR) is 144 cm³/mol. The van der Waals surface area contributed by atoms with Crippen molar-refractivity contribution in [1.82, 2.24) is 20.0 Å². The number of benzene rings is 2. The summed E-state index contributed by atoms with van der Waals surface area (Å²) in [5, 5.41) is 8.39. The molecule has 2 aliphatic heterocycles. The molecule has 2 fully saturated rings. The molecule has 8 nitrogen and oxygen atoms in total. The summed E-state index contributed by atoms with van der Waals surface area (Å²) in [7, 11) is 2.03. The van der Waals surface area contributed by atoms with Gasteiger partial charge in [-0.05, 0) is 63.6 Å². The molecular weight excluding hydrogens is 480 g/mol. The van der Waals surface area contributed by atoms with Gasteiger partial charge in [0.2, 0.25) is 17.7 Å². The van der Waals surface area contributed by atoms with Gasteiger partial charge in [-0.2, -0.15) is 0 Å². The second kappa shape index (κ2) is 11.7. The topological polar surface area (TPSA) is 80.9 Å². The molecular formula is C30H38N4O4. The summed E-state index contributed by atoms with van der Waals surface area (Å²) in [5.41, 5.74) is 1.86. The van der Waals surface area contributed by atoms with Crippen LogP contribution in [0.5, 0.6) is 5.75 Å². The Bertz CT molecular complexity index is 1200. The summed E-state index contributed by atoms with van der Waals surface area (Å²) in [5.74, 6) is 2.35. The number of likely N-dealkylation sites (tertiary alicyclic amines) is 1. The highest BCUT2D eigenvalue weighted by Crippen LogP contribution is 2.31. The van der Waals surface area contributed by atoms with E-state index < -0.39 is 0 Å². The average Bonchev–Trinajstić information content (AvgIpc) is 3.37. The number of aromatic nitrogens is 2. The van der Waals surface area contributed by atoms with E-state index in [2.05, 4.69) is 41.1 Å². The predicted octanol–water partition coefficient (Wildman–Crippen LogP) is 4.94. The number of rotatable bonds is 8. The Labute approximate surface area is 224 Å². The SMILES string of the molecule is CN(Cc1cccc(OC2CCN(C(=O)C3CCOC(C)(C)C3)CC2)c1)Cc1nnc(-c2ccccc2)o1. The Balaban J connectivity index is 1.09. The van der Waals surface area contributed by atoms with Gasteiger partial charge in [0.15, 0.2) is 0 Å². The number of hydrogen-bond acceptors (Lipinski definition) is 7. The third-order valence-corrected chi connectivity index (χ3v) is 7.35. The molecule has 38 heavy (non-hydrogen) atoms. The van der Waals surface area contributed by atoms with E-state index in [-0.39, 0.29) is 23.5 Å². The quantitative estimate of drug-likeness (QED) is 0.418. The van der Waals surface area contributed by atoms with Gasteiger partial charge in [0.05, 0.1) is 12.1 Å². The summed E-state index contributed by atoms with van der Waals surface area (Å²) in [6.45, 7) is 7.60. The standard InChI is InChI=1S/C30H38N4O4/c1-30(2)19-24(14-17-36-30)29(35)34-15-12-25(13-16-34)37-26-11-7-8-22(18-26)20-33(3)21-27-31-32-28(38-27)23-9-5-4-6-10-23/h4-11,18,24-25H,12-17,19-21H2,1-3H3. The molecule has 3 aromatic rings. The molecule has 2 saturated heterocycles. The molecule has 0 spiro atoms. The maximum Gasteiger partial charge on any atom is 0.247 e. The van der Waals surface area contributed by atoms with Gasteiger partial charge < -0.3 is 18.8 Å². The van der Waals surface area contributed by atoms with E-state index in [4.69, 9.17) is 13.9 Å².